The number of anilines is 1. The molecule has 0 fully saturated rings. The minimum atomic E-state index is -0.539. The molecule has 1 radical (unpaired) electrons. The number of ketones is 1. The zero-order valence-corrected chi connectivity index (χ0v) is 12.8. The number of carbonyl (C=O) groups excluding carboxylic acids is 1. The first-order valence-corrected chi connectivity index (χ1v) is 7.05. The van der Waals surface area contributed by atoms with Gasteiger partial charge in [-0.3, -0.25) is 4.79 Å². The molecule has 2 aromatic carbocycles. The van der Waals surface area contributed by atoms with E-state index in [0.717, 1.165) is 5.56 Å². The SMILES string of the molecule is [CH2]CCc1ccc(OC)c(C(=O)c2ccc(N)c(C)c2)c1F. The summed E-state index contributed by atoms with van der Waals surface area (Å²) in [5, 5.41) is 0. The fraction of sp³-hybridized carbons (Fsp3) is 0.222. The molecular formula is C18H19FNO2. The van der Waals surface area contributed by atoms with Crippen molar-refractivity contribution < 1.29 is 13.9 Å². The molecule has 0 amide bonds. The van der Waals surface area contributed by atoms with E-state index in [1.807, 2.05) is 0 Å². The summed E-state index contributed by atoms with van der Waals surface area (Å²) in [6.07, 6.45) is 1.02. The third kappa shape index (κ3) is 2.96. The van der Waals surface area contributed by atoms with E-state index in [0.29, 0.717) is 29.7 Å². The summed E-state index contributed by atoms with van der Waals surface area (Å²) in [6, 6.07) is 8.14. The van der Waals surface area contributed by atoms with E-state index in [1.165, 1.54) is 7.11 Å². The molecule has 0 saturated heterocycles. The Morgan fingerprint density at radius 1 is 1.32 bits per heavy atom. The van der Waals surface area contributed by atoms with Crippen LogP contribution in [0.3, 0.4) is 0 Å². The van der Waals surface area contributed by atoms with E-state index in [4.69, 9.17) is 10.5 Å². The second-order valence-electron chi connectivity index (χ2n) is 5.12. The molecule has 0 bridgehead atoms. The van der Waals surface area contributed by atoms with E-state index >= 15 is 0 Å². The number of rotatable bonds is 5. The molecule has 0 unspecified atom stereocenters. The molecule has 0 heterocycles. The quantitative estimate of drug-likeness (QED) is 0.676. The second kappa shape index (κ2) is 6.60. The lowest BCUT2D eigenvalue weighted by Gasteiger charge is -2.12. The molecule has 0 aliphatic heterocycles. The van der Waals surface area contributed by atoms with Crippen molar-refractivity contribution in [2.24, 2.45) is 0 Å². The van der Waals surface area contributed by atoms with Gasteiger partial charge in [-0.1, -0.05) is 13.0 Å². The lowest BCUT2D eigenvalue weighted by atomic mass is 9.96. The summed E-state index contributed by atoms with van der Waals surface area (Å²) in [5.41, 5.74) is 7.93. The number of carbonyl (C=O) groups is 1. The van der Waals surface area contributed by atoms with Gasteiger partial charge < -0.3 is 10.5 Å². The van der Waals surface area contributed by atoms with Gasteiger partial charge in [0.1, 0.15) is 17.1 Å². The number of nitrogen functional groups attached to an aromatic ring is 1. The zero-order chi connectivity index (χ0) is 16.3. The van der Waals surface area contributed by atoms with Gasteiger partial charge in [0.2, 0.25) is 0 Å². The molecule has 22 heavy (non-hydrogen) atoms. The highest BCUT2D eigenvalue weighted by Crippen LogP contribution is 2.28. The van der Waals surface area contributed by atoms with Gasteiger partial charge in [-0.15, -0.1) is 0 Å². The Morgan fingerprint density at radius 2 is 2.05 bits per heavy atom. The molecule has 0 aromatic heterocycles. The van der Waals surface area contributed by atoms with Crippen LogP contribution in [0.4, 0.5) is 10.1 Å². The smallest absolute Gasteiger partial charge is 0.199 e. The lowest BCUT2D eigenvalue weighted by molar-refractivity contribution is 0.103. The van der Waals surface area contributed by atoms with Crippen LogP contribution in [0.2, 0.25) is 0 Å². The highest BCUT2D eigenvalue weighted by atomic mass is 19.1. The van der Waals surface area contributed by atoms with Crippen molar-refractivity contribution in [2.75, 3.05) is 12.8 Å². The molecule has 2 rings (SSSR count). The Kier molecular flexibility index (Phi) is 4.81. The Bertz CT molecular complexity index is 710. The van der Waals surface area contributed by atoms with Gasteiger partial charge in [0.05, 0.1) is 7.11 Å². The summed E-state index contributed by atoms with van der Waals surface area (Å²) in [7, 11) is 1.42. The average molecular weight is 300 g/mol. The van der Waals surface area contributed by atoms with Crippen molar-refractivity contribution in [3.8, 4) is 5.75 Å². The van der Waals surface area contributed by atoms with E-state index in [2.05, 4.69) is 6.92 Å². The number of methoxy groups -OCH3 is 1. The van der Waals surface area contributed by atoms with Crippen LogP contribution in [0.1, 0.15) is 33.5 Å². The first-order valence-electron chi connectivity index (χ1n) is 7.05. The van der Waals surface area contributed by atoms with Gasteiger partial charge in [-0.2, -0.15) is 0 Å². The number of hydrogen-bond donors (Lipinski definition) is 1. The van der Waals surface area contributed by atoms with Crippen molar-refractivity contribution in [1.82, 2.24) is 0 Å². The standard InChI is InChI=1S/C18H19FNO2/c1-4-5-12-7-9-15(22-3)16(17(12)19)18(21)13-6-8-14(20)11(2)10-13/h6-10H,1,4-5,20H2,2-3H3. The van der Waals surface area contributed by atoms with Gasteiger partial charge in [0.25, 0.3) is 0 Å². The first kappa shape index (κ1) is 16.0. The predicted octanol–water partition coefficient (Wildman–Crippen LogP) is 3.72. The van der Waals surface area contributed by atoms with Crippen molar-refractivity contribution in [3.05, 3.63) is 65.3 Å². The molecule has 0 aliphatic rings. The molecule has 2 N–H and O–H groups in total. The Hall–Kier alpha value is -2.36. The van der Waals surface area contributed by atoms with Crippen molar-refractivity contribution >= 4 is 11.5 Å². The van der Waals surface area contributed by atoms with Crippen LogP contribution in [0.25, 0.3) is 0 Å². The Morgan fingerprint density at radius 3 is 2.64 bits per heavy atom. The van der Waals surface area contributed by atoms with E-state index < -0.39 is 11.6 Å². The number of nitrogens with two attached hydrogens (primary N) is 1. The minimum Gasteiger partial charge on any atom is -0.496 e. The van der Waals surface area contributed by atoms with E-state index in [9.17, 15) is 9.18 Å². The van der Waals surface area contributed by atoms with Gasteiger partial charge in [0.15, 0.2) is 5.78 Å². The number of aryl methyl sites for hydroxylation is 2. The van der Waals surface area contributed by atoms with Crippen LogP contribution in [0, 0.1) is 19.7 Å². The Labute approximate surface area is 129 Å². The van der Waals surface area contributed by atoms with Crippen LogP contribution in [-0.2, 0) is 6.42 Å². The summed E-state index contributed by atoms with van der Waals surface area (Å²) in [5.74, 6) is -0.726. The van der Waals surface area contributed by atoms with E-state index in [-0.39, 0.29) is 11.3 Å². The molecule has 0 saturated carbocycles. The normalized spacial score (nSPS) is 10.5. The van der Waals surface area contributed by atoms with Gasteiger partial charge >= 0.3 is 0 Å². The third-order valence-corrected chi connectivity index (χ3v) is 3.61. The summed E-state index contributed by atoms with van der Waals surface area (Å²) < 4.78 is 19.8. The summed E-state index contributed by atoms with van der Waals surface area (Å²) in [4.78, 5) is 12.7. The fourth-order valence-corrected chi connectivity index (χ4v) is 2.33. The van der Waals surface area contributed by atoms with E-state index in [1.54, 1.807) is 37.3 Å². The van der Waals surface area contributed by atoms with Crippen molar-refractivity contribution in [3.63, 3.8) is 0 Å². The maximum Gasteiger partial charge on any atom is 0.199 e. The molecule has 3 nitrogen and oxygen atoms in total. The highest BCUT2D eigenvalue weighted by Gasteiger charge is 2.22. The van der Waals surface area contributed by atoms with Gasteiger partial charge in [-0.05, 0) is 55.2 Å². The number of hydrogen-bond acceptors (Lipinski definition) is 3. The maximum atomic E-state index is 14.7. The zero-order valence-electron chi connectivity index (χ0n) is 12.8. The van der Waals surface area contributed by atoms with Crippen LogP contribution >= 0.6 is 0 Å². The topological polar surface area (TPSA) is 52.3 Å². The third-order valence-electron chi connectivity index (χ3n) is 3.61. The van der Waals surface area contributed by atoms with Crippen LogP contribution < -0.4 is 10.5 Å². The molecule has 0 atom stereocenters. The van der Waals surface area contributed by atoms with Gasteiger partial charge in [-0.25, -0.2) is 4.39 Å². The average Bonchev–Trinajstić information content (AvgIpc) is 2.51. The molecule has 0 aliphatic carbocycles. The number of halogens is 1. The number of benzene rings is 2. The fourth-order valence-electron chi connectivity index (χ4n) is 2.33. The van der Waals surface area contributed by atoms with Gasteiger partial charge in [0, 0.05) is 11.3 Å². The summed E-state index contributed by atoms with van der Waals surface area (Å²) in [6.45, 7) is 5.53. The van der Waals surface area contributed by atoms with Crippen LogP contribution in [0.15, 0.2) is 30.3 Å². The van der Waals surface area contributed by atoms with Crippen molar-refractivity contribution in [2.45, 2.75) is 19.8 Å². The van der Waals surface area contributed by atoms with Crippen LogP contribution in [0.5, 0.6) is 5.75 Å². The molecule has 0 spiro atoms. The second-order valence-corrected chi connectivity index (χ2v) is 5.12. The minimum absolute atomic E-state index is 0.0439. The Balaban J connectivity index is 2.56. The maximum absolute atomic E-state index is 14.7. The first-order chi connectivity index (χ1) is 10.5. The lowest BCUT2D eigenvalue weighted by Crippen LogP contribution is -2.10. The molecular weight excluding hydrogens is 281 g/mol. The monoisotopic (exact) mass is 300 g/mol. The largest absolute Gasteiger partial charge is 0.496 e. The van der Waals surface area contributed by atoms with Crippen LogP contribution in [-0.4, -0.2) is 12.9 Å². The number of ether oxygens (including phenoxy) is 1. The molecule has 4 heteroatoms. The van der Waals surface area contributed by atoms with Crippen molar-refractivity contribution in [1.29, 1.82) is 0 Å². The molecule has 2 aromatic rings. The highest BCUT2D eigenvalue weighted by molar-refractivity contribution is 6.11. The predicted molar refractivity (Wildman–Crippen MR) is 85.7 cm³/mol. The summed E-state index contributed by atoms with van der Waals surface area (Å²) >= 11 is 0. The molecule has 115 valence electrons.